The quantitative estimate of drug-likeness (QED) is 0.765. The number of nitrogens with zero attached hydrogens (tertiary/aromatic N) is 1. The van der Waals surface area contributed by atoms with Crippen LogP contribution in [0, 0.1) is 11.7 Å². The van der Waals surface area contributed by atoms with E-state index in [9.17, 15) is 4.39 Å². The highest BCUT2D eigenvalue weighted by atomic mass is 19.1. The second kappa shape index (κ2) is 7.03. The standard InChI is InChI=1S/C14H23BFNO2/c1-10(2)5-11(3)17(4)9-12-6-13(15(18)19)8-14(16)7-12/h6-8,10-11,18-19H,5,9H2,1-4H3. The van der Waals surface area contributed by atoms with Crippen LogP contribution >= 0.6 is 0 Å². The van der Waals surface area contributed by atoms with E-state index in [-0.39, 0.29) is 5.46 Å². The van der Waals surface area contributed by atoms with Crippen LogP contribution in [-0.4, -0.2) is 35.2 Å². The van der Waals surface area contributed by atoms with Gasteiger partial charge in [-0.1, -0.05) is 19.9 Å². The molecule has 0 radical (unpaired) electrons. The van der Waals surface area contributed by atoms with Crippen molar-refractivity contribution in [1.29, 1.82) is 0 Å². The summed E-state index contributed by atoms with van der Waals surface area (Å²) in [6, 6.07) is 4.61. The van der Waals surface area contributed by atoms with Crippen LogP contribution in [0.5, 0.6) is 0 Å². The zero-order valence-corrected chi connectivity index (χ0v) is 12.1. The van der Waals surface area contributed by atoms with Crippen molar-refractivity contribution in [2.24, 2.45) is 5.92 Å². The first-order valence-electron chi connectivity index (χ1n) is 6.65. The minimum absolute atomic E-state index is 0.194. The molecule has 1 aromatic carbocycles. The van der Waals surface area contributed by atoms with Gasteiger partial charge in [-0.3, -0.25) is 4.90 Å². The van der Waals surface area contributed by atoms with Crippen molar-refractivity contribution < 1.29 is 14.4 Å². The summed E-state index contributed by atoms with van der Waals surface area (Å²) >= 11 is 0. The molecule has 106 valence electrons. The Hall–Kier alpha value is -0.905. The molecular formula is C14H23BFNO2. The average Bonchev–Trinajstić information content (AvgIpc) is 2.26. The van der Waals surface area contributed by atoms with Crippen molar-refractivity contribution in [1.82, 2.24) is 4.90 Å². The lowest BCUT2D eigenvalue weighted by Crippen LogP contribution is -2.33. The van der Waals surface area contributed by atoms with E-state index >= 15 is 0 Å². The van der Waals surface area contributed by atoms with Crippen molar-refractivity contribution >= 4 is 12.6 Å². The van der Waals surface area contributed by atoms with E-state index in [1.165, 1.54) is 6.07 Å². The third kappa shape index (κ3) is 5.31. The topological polar surface area (TPSA) is 43.7 Å². The van der Waals surface area contributed by atoms with Gasteiger partial charge < -0.3 is 10.0 Å². The molecule has 1 aromatic rings. The van der Waals surface area contributed by atoms with Crippen molar-refractivity contribution in [2.75, 3.05) is 7.05 Å². The highest BCUT2D eigenvalue weighted by Crippen LogP contribution is 2.13. The van der Waals surface area contributed by atoms with E-state index < -0.39 is 12.9 Å². The van der Waals surface area contributed by atoms with E-state index in [4.69, 9.17) is 10.0 Å². The Morgan fingerprint density at radius 2 is 1.84 bits per heavy atom. The van der Waals surface area contributed by atoms with Crippen LogP contribution in [-0.2, 0) is 6.54 Å². The molecule has 0 amide bonds. The normalized spacial score (nSPS) is 13.1. The first-order chi connectivity index (χ1) is 8.79. The molecule has 3 nitrogen and oxygen atoms in total. The summed E-state index contributed by atoms with van der Waals surface area (Å²) in [6.45, 7) is 7.08. The predicted octanol–water partition coefficient (Wildman–Crippen LogP) is 1.37. The molecule has 1 unspecified atom stereocenters. The Morgan fingerprint density at radius 1 is 1.21 bits per heavy atom. The first kappa shape index (κ1) is 16.2. The van der Waals surface area contributed by atoms with Crippen molar-refractivity contribution in [3.05, 3.63) is 29.6 Å². The molecule has 1 atom stereocenters. The van der Waals surface area contributed by atoms with Crippen LogP contribution in [0.3, 0.4) is 0 Å². The van der Waals surface area contributed by atoms with Gasteiger partial charge in [0.1, 0.15) is 5.82 Å². The predicted molar refractivity (Wildman–Crippen MR) is 76.6 cm³/mol. The second-order valence-electron chi connectivity index (χ2n) is 5.66. The Morgan fingerprint density at radius 3 is 2.37 bits per heavy atom. The molecule has 19 heavy (non-hydrogen) atoms. The van der Waals surface area contributed by atoms with Crippen LogP contribution in [0.2, 0.25) is 0 Å². The summed E-state index contributed by atoms with van der Waals surface area (Å²) in [5, 5.41) is 18.2. The zero-order valence-electron chi connectivity index (χ0n) is 12.1. The lowest BCUT2D eigenvalue weighted by atomic mass is 9.79. The van der Waals surface area contributed by atoms with Gasteiger partial charge in [0.15, 0.2) is 0 Å². The fraction of sp³-hybridized carbons (Fsp3) is 0.571. The Bertz CT molecular complexity index is 412. The number of rotatable bonds is 6. The lowest BCUT2D eigenvalue weighted by molar-refractivity contribution is 0.220. The van der Waals surface area contributed by atoms with Gasteiger partial charge in [0.2, 0.25) is 0 Å². The highest BCUT2D eigenvalue weighted by molar-refractivity contribution is 6.58. The summed E-state index contributed by atoms with van der Waals surface area (Å²) < 4.78 is 13.4. The second-order valence-corrected chi connectivity index (χ2v) is 5.66. The third-order valence-corrected chi connectivity index (χ3v) is 3.27. The fourth-order valence-electron chi connectivity index (χ4n) is 2.22. The van der Waals surface area contributed by atoms with Crippen molar-refractivity contribution in [3.8, 4) is 0 Å². The smallest absolute Gasteiger partial charge is 0.423 e. The molecule has 0 aromatic heterocycles. The molecule has 0 saturated heterocycles. The molecule has 0 bridgehead atoms. The van der Waals surface area contributed by atoms with Crippen molar-refractivity contribution in [2.45, 2.75) is 39.8 Å². The van der Waals surface area contributed by atoms with Gasteiger partial charge in [0.25, 0.3) is 0 Å². The average molecular weight is 267 g/mol. The van der Waals surface area contributed by atoms with Gasteiger partial charge in [0, 0.05) is 12.6 Å². The largest absolute Gasteiger partial charge is 0.488 e. The van der Waals surface area contributed by atoms with E-state index in [1.807, 2.05) is 7.05 Å². The van der Waals surface area contributed by atoms with Gasteiger partial charge in [-0.25, -0.2) is 4.39 Å². The molecule has 0 aliphatic carbocycles. The molecule has 0 aliphatic rings. The van der Waals surface area contributed by atoms with E-state index in [2.05, 4.69) is 25.7 Å². The molecule has 0 heterocycles. The Kier molecular flexibility index (Phi) is 5.98. The van der Waals surface area contributed by atoms with E-state index in [0.717, 1.165) is 18.1 Å². The summed E-state index contributed by atoms with van der Waals surface area (Å²) in [7, 11) is 0.361. The van der Waals surface area contributed by atoms with Crippen LogP contribution < -0.4 is 5.46 Å². The minimum atomic E-state index is -1.63. The highest BCUT2D eigenvalue weighted by Gasteiger charge is 2.16. The number of halogens is 1. The molecule has 1 rings (SSSR count). The summed E-state index contributed by atoms with van der Waals surface area (Å²) in [5.74, 6) is 0.172. The number of hydrogen-bond donors (Lipinski definition) is 2. The molecule has 5 heteroatoms. The summed E-state index contributed by atoms with van der Waals surface area (Å²) in [5.41, 5.74) is 0.945. The first-order valence-corrected chi connectivity index (χ1v) is 6.65. The minimum Gasteiger partial charge on any atom is -0.423 e. The zero-order chi connectivity index (χ0) is 14.6. The molecule has 0 aliphatic heterocycles. The lowest BCUT2D eigenvalue weighted by Gasteiger charge is -2.26. The monoisotopic (exact) mass is 267 g/mol. The molecular weight excluding hydrogens is 244 g/mol. The molecule has 2 N–H and O–H groups in total. The van der Waals surface area contributed by atoms with Crippen molar-refractivity contribution in [3.63, 3.8) is 0 Å². The molecule has 0 saturated carbocycles. The SMILES string of the molecule is CC(C)CC(C)N(C)Cc1cc(F)cc(B(O)O)c1. The van der Waals surface area contributed by atoms with Gasteiger partial charge in [-0.15, -0.1) is 0 Å². The Balaban J connectivity index is 2.76. The fourth-order valence-corrected chi connectivity index (χ4v) is 2.22. The summed E-state index contributed by atoms with van der Waals surface area (Å²) in [6.07, 6.45) is 1.07. The maximum Gasteiger partial charge on any atom is 0.488 e. The van der Waals surface area contributed by atoms with Gasteiger partial charge in [-0.2, -0.15) is 0 Å². The van der Waals surface area contributed by atoms with Crippen LogP contribution in [0.25, 0.3) is 0 Å². The van der Waals surface area contributed by atoms with Crippen LogP contribution in [0.4, 0.5) is 4.39 Å². The van der Waals surface area contributed by atoms with E-state index in [1.54, 1.807) is 6.07 Å². The molecule has 0 fully saturated rings. The maximum absolute atomic E-state index is 13.4. The molecule has 0 spiro atoms. The maximum atomic E-state index is 13.4. The van der Waals surface area contributed by atoms with E-state index in [0.29, 0.717) is 18.5 Å². The number of hydrogen-bond acceptors (Lipinski definition) is 3. The Labute approximate surface area is 115 Å². The van der Waals surface area contributed by atoms with Crippen LogP contribution in [0.15, 0.2) is 18.2 Å². The van der Waals surface area contributed by atoms with Gasteiger partial charge in [0.05, 0.1) is 0 Å². The van der Waals surface area contributed by atoms with Crippen LogP contribution in [0.1, 0.15) is 32.8 Å². The summed E-state index contributed by atoms with van der Waals surface area (Å²) in [4.78, 5) is 2.14. The third-order valence-electron chi connectivity index (χ3n) is 3.27. The van der Waals surface area contributed by atoms with Gasteiger partial charge in [-0.05, 0) is 49.5 Å². The van der Waals surface area contributed by atoms with Gasteiger partial charge >= 0.3 is 7.12 Å². The number of benzene rings is 1.